The standard InChI is InChI=1S/C18H21N3O/c19-16-6-4-5-15(11-16)18(22)20-12-14-9-10-21(13-14)17-7-2-1-3-8-17/h1-8,11,14H,9-10,12-13,19H2,(H,20,22). The van der Waals surface area contributed by atoms with Crippen LogP contribution in [0.4, 0.5) is 11.4 Å². The number of hydrogen-bond acceptors (Lipinski definition) is 3. The Bertz CT molecular complexity index is 642. The molecule has 0 bridgehead atoms. The van der Waals surface area contributed by atoms with Gasteiger partial charge >= 0.3 is 0 Å². The Labute approximate surface area is 130 Å². The zero-order valence-electron chi connectivity index (χ0n) is 12.5. The molecule has 0 aliphatic carbocycles. The summed E-state index contributed by atoms with van der Waals surface area (Å²) in [5, 5.41) is 3.02. The lowest BCUT2D eigenvalue weighted by Crippen LogP contribution is -2.31. The zero-order chi connectivity index (χ0) is 15.4. The van der Waals surface area contributed by atoms with Gasteiger partial charge in [-0.2, -0.15) is 0 Å². The summed E-state index contributed by atoms with van der Waals surface area (Å²) in [6, 6.07) is 17.5. The number of rotatable bonds is 4. The molecule has 22 heavy (non-hydrogen) atoms. The SMILES string of the molecule is Nc1cccc(C(=O)NCC2CCN(c3ccccc3)C2)c1. The Morgan fingerprint density at radius 1 is 1.18 bits per heavy atom. The number of carbonyl (C=O) groups is 1. The highest BCUT2D eigenvalue weighted by atomic mass is 16.1. The molecule has 1 atom stereocenters. The number of amides is 1. The van der Waals surface area contributed by atoms with E-state index < -0.39 is 0 Å². The largest absolute Gasteiger partial charge is 0.399 e. The van der Waals surface area contributed by atoms with Gasteiger partial charge in [0.15, 0.2) is 0 Å². The van der Waals surface area contributed by atoms with E-state index in [1.165, 1.54) is 5.69 Å². The smallest absolute Gasteiger partial charge is 0.251 e. The van der Waals surface area contributed by atoms with E-state index in [-0.39, 0.29) is 5.91 Å². The van der Waals surface area contributed by atoms with Crippen LogP contribution in [0.5, 0.6) is 0 Å². The molecule has 0 radical (unpaired) electrons. The molecule has 4 nitrogen and oxygen atoms in total. The van der Waals surface area contributed by atoms with Crippen molar-refractivity contribution in [2.45, 2.75) is 6.42 Å². The fourth-order valence-corrected chi connectivity index (χ4v) is 2.89. The van der Waals surface area contributed by atoms with Gasteiger partial charge in [-0.05, 0) is 42.7 Å². The maximum Gasteiger partial charge on any atom is 0.251 e. The van der Waals surface area contributed by atoms with Crippen LogP contribution in [0.25, 0.3) is 0 Å². The molecular formula is C18H21N3O. The molecule has 2 aromatic rings. The highest BCUT2D eigenvalue weighted by Crippen LogP contribution is 2.23. The molecule has 2 aromatic carbocycles. The Morgan fingerprint density at radius 3 is 2.77 bits per heavy atom. The van der Waals surface area contributed by atoms with Crippen LogP contribution in [0, 0.1) is 5.92 Å². The van der Waals surface area contributed by atoms with Crippen molar-refractivity contribution in [2.24, 2.45) is 5.92 Å². The molecule has 3 rings (SSSR count). The topological polar surface area (TPSA) is 58.4 Å². The van der Waals surface area contributed by atoms with Crippen LogP contribution in [0.15, 0.2) is 54.6 Å². The third kappa shape index (κ3) is 3.39. The maximum atomic E-state index is 12.1. The summed E-state index contributed by atoms with van der Waals surface area (Å²) >= 11 is 0. The van der Waals surface area contributed by atoms with Gasteiger partial charge in [-0.1, -0.05) is 24.3 Å². The number of nitrogen functional groups attached to an aromatic ring is 1. The summed E-state index contributed by atoms with van der Waals surface area (Å²) in [7, 11) is 0. The predicted octanol–water partition coefficient (Wildman–Crippen LogP) is 2.53. The van der Waals surface area contributed by atoms with E-state index in [4.69, 9.17) is 5.73 Å². The van der Waals surface area contributed by atoms with E-state index in [9.17, 15) is 4.79 Å². The number of anilines is 2. The maximum absolute atomic E-state index is 12.1. The molecule has 0 spiro atoms. The molecule has 0 saturated carbocycles. The van der Waals surface area contributed by atoms with Gasteiger partial charge in [-0.15, -0.1) is 0 Å². The molecule has 1 amide bonds. The average molecular weight is 295 g/mol. The first kappa shape index (κ1) is 14.4. The minimum absolute atomic E-state index is 0.0505. The second-order valence-corrected chi connectivity index (χ2v) is 5.77. The lowest BCUT2D eigenvalue weighted by molar-refractivity contribution is 0.0948. The van der Waals surface area contributed by atoms with Gasteiger partial charge in [0.05, 0.1) is 0 Å². The first-order valence-corrected chi connectivity index (χ1v) is 7.66. The van der Waals surface area contributed by atoms with E-state index in [1.807, 2.05) is 6.07 Å². The molecule has 1 fully saturated rings. The molecule has 4 heteroatoms. The molecular weight excluding hydrogens is 274 g/mol. The number of para-hydroxylation sites is 1. The third-order valence-electron chi connectivity index (χ3n) is 4.11. The van der Waals surface area contributed by atoms with E-state index in [1.54, 1.807) is 24.3 Å². The van der Waals surface area contributed by atoms with Gasteiger partial charge in [-0.25, -0.2) is 0 Å². The molecule has 0 aromatic heterocycles. The quantitative estimate of drug-likeness (QED) is 0.852. The first-order chi connectivity index (χ1) is 10.7. The number of carbonyl (C=O) groups excluding carboxylic acids is 1. The summed E-state index contributed by atoms with van der Waals surface area (Å²) in [4.78, 5) is 14.5. The van der Waals surface area contributed by atoms with E-state index >= 15 is 0 Å². The second-order valence-electron chi connectivity index (χ2n) is 5.77. The summed E-state index contributed by atoms with van der Waals surface area (Å²) in [6.45, 7) is 2.74. The van der Waals surface area contributed by atoms with Gasteiger partial charge in [-0.3, -0.25) is 4.79 Å². The third-order valence-corrected chi connectivity index (χ3v) is 4.11. The number of nitrogens with two attached hydrogens (primary N) is 1. The first-order valence-electron chi connectivity index (χ1n) is 7.66. The molecule has 1 saturated heterocycles. The Kier molecular flexibility index (Phi) is 4.28. The van der Waals surface area contributed by atoms with Crippen LogP contribution in [-0.4, -0.2) is 25.5 Å². The van der Waals surface area contributed by atoms with Gasteiger partial charge < -0.3 is 16.0 Å². The lowest BCUT2D eigenvalue weighted by atomic mass is 10.1. The van der Waals surface area contributed by atoms with Crippen LogP contribution in [0.1, 0.15) is 16.8 Å². The van der Waals surface area contributed by atoms with Gasteiger partial charge in [0, 0.05) is 36.6 Å². The molecule has 1 aliphatic heterocycles. The van der Waals surface area contributed by atoms with Crippen LogP contribution in [0.2, 0.25) is 0 Å². The normalized spacial score (nSPS) is 17.5. The number of nitrogens with one attached hydrogen (secondary N) is 1. The van der Waals surface area contributed by atoms with Crippen molar-refractivity contribution in [2.75, 3.05) is 30.3 Å². The van der Waals surface area contributed by atoms with Crippen molar-refractivity contribution < 1.29 is 4.79 Å². The van der Waals surface area contributed by atoms with Crippen LogP contribution in [-0.2, 0) is 0 Å². The number of hydrogen-bond donors (Lipinski definition) is 2. The van der Waals surface area contributed by atoms with Crippen molar-refractivity contribution in [1.29, 1.82) is 0 Å². The Hall–Kier alpha value is -2.49. The minimum atomic E-state index is -0.0505. The van der Waals surface area contributed by atoms with E-state index in [0.717, 1.165) is 19.5 Å². The Balaban J connectivity index is 1.52. The fourth-order valence-electron chi connectivity index (χ4n) is 2.89. The van der Waals surface area contributed by atoms with Crippen molar-refractivity contribution in [3.05, 3.63) is 60.2 Å². The lowest BCUT2D eigenvalue weighted by Gasteiger charge is -2.18. The predicted molar refractivity (Wildman–Crippen MR) is 89.9 cm³/mol. The Morgan fingerprint density at radius 2 is 2.00 bits per heavy atom. The highest BCUT2D eigenvalue weighted by molar-refractivity contribution is 5.94. The van der Waals surface area contributed by atoms with Crippen molar-refractivity contribution in [3.63, 3.8) is 0 Å². The van der Waals surface area contributed by atoms with E-state index in [0.29, 0.717) is 23.7 Å². The highest BCUT2D eigenvalue weighted by Gasteiger charge is 2.23. The number of nitrogens with zero attached hydrogens (tertiary/aromatic N) is 1. The second kappa shape index (κ2) is 6.52. The van der Waals surface area contributed by atoms with Crippen LogP contribution >= 0.6 is 0 Å². The molecule has 1 unspecified atom stereocenters. The molecule has 1 heterocycles. The monoisotopic (exact) mass is 295 g/mol. The van der Waals surface area contributed by atoms with Gasteiger partial charge in [0.25, 0.3) is 5.91 Å². The van der Waals surface area contributed by atoms with Crippen molar-refractivity contribution >= 4 is 17.3 Å². The van der Waals surface area contributed by atoms with Crippen molar-refractivity contribution in [3.8, 4) is 0 Å². The summed E-state index contributed by atoms with van der Waals surface area (Å²) in [5.74, 6) is 0.440. The zero-order valence-corrected chi connectivity index (χ0v) is 12.5. The van der Waals surface area contributed by atoms with Gasteiger partial charge in [0.1, 0.15) is 0 Å². The minimum Gasteiger partial charge on any atom is -0.399 e. The van der Waals surface area contributed by atoms with Crippen LogP contribution in [0.3, 0.4) is 0 Å². The number of benzene rings is 2. The fraction of sp³-hybridized carbons (Fsp3) is 0.278. The van der Waals surface area contributed by atoms with Gasteiger partial charge in [0.2, 0.25) is 0 Å². The van der Waals surface area contributed by atoms with Crippen molar-refractivity contribution in [1.82, 2.24) is 5.32 Å². The molecule has 3 N–H and O–H groups in total. The van der Waals surface area contributed by atoms with Crippen LogP contribution < -0.4 is 16.0 Å². The molecule has 114 valence electrons. The summed E-state index contributed by atoms with van der Waals surface area (Å²) in [5.41, 5.74) is 8.20. The molecule has 1 aliphatic rings. The van der Waals surface area contributed by atoms with E-state index in [2.05, 4.69) is 34.5 Å². The average Bonchev–Trinajstić information content (AvgIpc) is 3.02. The summed E-state index contributed by atoms with van der Waals surface area (Å²) in [6.07, 6.45) is 1.10. The summed E-state index contributed by atoms with van der Waals surface area (Å²) < 4.78 is 0.